The van der Waals surface area contributed by atoms with Gasteiger partial charge in [-0.05, 0) is 86.6 Å². The van der Waals surface area contributed by atoms with Gasteiger partial charge in [0.1, 0.15) is 5.60 Å². The molecule has 0 saturated heterocycles. The third kappa shape index (κ3) is 6.02. The van der Waals surface area contributed by atoms with E-state index in [1.807, 2.05) is 37.3 Å². The number of allylic oxidation sites excluding steroid dienone is 4. The highest BCUT2D eigenvalue weighted by Gasteiger charge is 2.68. The Morgan fingerprint density at radius 1 is 1.09 bits per heavy atom. The predicted octanol–water partition coefficient (Wildman–Crippen LogP) is 5.42. The van der Waals surface area contributed by atoms with Crippen LogP contribution in [0.25, 0.3) is 0 Å². The third-order valence-electron chi connectivity index (χ3n) is 11.3. The number of esters is 1. The smallest absolute Gasteiger partial charge is 0.306 e. The largest absolute Gasteiger partial charge is 0.458 e. The molecule has 9 heteroatoms. The topological polar surface area (TPSA) is 104 Å². The van der Waals surface area contributed by atoms with E-state index in [0.29, 0.717) is 44.1 Å². The number of rotatable bonds is 12. The second kappa shape index (κ2) is 13.3. The number of hydrogen-bond acceptors (Lipinski definition) is 7. The lowest BCUT2D eigenvalue weighted by Crippen LogP contribution is -2.61. The maximum atomic E-state index is 13.5. The molecule has 7 nitrogen and oxygen atoms in total. The van der Waals surface area contributed by atoms with Crippen molar-refractivity contribution in [2.24, 2.45) is 28.6 Å². The fraction of sp³-hybridized carbons (Fsp3) is 0.629. The number of carbonyl (C=O) groups is 3. The minimum atomic E-state index is -1.66. The van der Waals surface area contributed by atoms with Crippen molar-refractivity contribution in [1.29, 1.82) is 0 Å². The highest BCUT2D eigenvalue weighted by Crippen LogP contribution is 2.67. The van der Waals surface area contributed by atoms with Crippen molar-refractivity contribution in [3.05, 3.63) is 53.6 Å². The second-order valence-electron chi connectivity index (χ2n) is 13.6. The number of nitrogens with zero attached hydrogens (tertiary/aromatic N) is 1. The minimum absolute atomic E-state index is 0.0103. The van der Waals surface area contributed by atoms with Gasteiger partial charge in [0.05, 0.1) is 6.10 Å². The normalized spacial score (nSPS) is 34.0. The van der Waals surface area contributed by atoms with Crippen LogP contribution in [-0.2, 0) is 25.5 Å². The molecule has 3 fully saturated rings. The van der Waals surface area contributed by atoms with Gasteiger partial charge in [-0.25, -0.2) is 0 Å². The van der Waals surface area contributed by atoms with Gasteiger partial charge in [0.25, 0.3) is 0 Å². The molecule has 2 N–H and O–H groups in total. The first-order chi connectivity index (χ1) is 21.0. The number of carbonyl (C=O) groups excluding carboxylic acids is 3. The van der Waals surface area contributed by atoms with E-state index < -0.39 is 40.9 Å². The Labute approximate surface area is 270 Å². The van der Waals surface area contributed by atoms with Crippen LogP contribution in [0.2, 0.25) is 0 Å². The van der Waals surface area contributed by atoms with Gasteiger partial charge in [0.2, 0.25) is 5.78 Å². The van der Waals surface area contributed by atoms with E-state index in [9.17, 15) is 24.6 Å². The Balaban J connectivity index is 1.15. The van der Waals surface area contributed by atoms with Crippen molar-refractivity contribution in [3.63, 3.8) is 0 Å². The Kier molecular flexibility index (Phi) is 10.0. The molecular weight excluding hydrogens is 601 g/mol. The number of fused-ring (bicyclic) bond motifs is 5. The number of aliphatic hydroxyl groups excluding tert-OH is 1. The number of alkyl halides is 2. The molecule has 0 amide bonds. The monoisotopic (exact) mass is 645 g/mol. The first-order valence-corrected chi connectivity index (χ1v) is 17.0. The molecule has 1 aromatic carbocycles. The lowest BCUT2D eigenvalue weighted by molar-refractivity contribution is -0.181. The fourth-order valence-corrected chi connectivity index (χ4v) is 9.42. The van der Waals surface area contributed by atoms with Gasteiger partial charge in [0.15, 0.2) is 12.4 Å². The molecule has 4 unspecified atom stereocenters. The molecule has 0 aliphatic heterocycles. The minimum Gasteiger partial charge on any atom is -0.458 e. The molecule has 0 spiro atoms. The first kappa shape index (κ1) is 33.2. The Bertz CT molecular complexity index is 1310. The predicted molar refractivity (Wildman–Crippen MR) is 172 cm³/mol. The number of anilines is 1. The summed E-state index contributed by atoms with van der Waals surface area (Å²) >= 11 is 11.8. The summed E-state index contributed by atoms with van der Waals surface area (Å²) in [6, 6.07) is 8.12. The summed E-state index contributed by atoms with van der Waals surface area (Å²) in [5.41, 5.74) is 0.321. The van der Waals surface area contributed by atoms with Crippen LogP contribution in [0.15, 0.2) is 48.1 Å². The molecule has 3 saturated carbocycles. The number of aryl methyl sites for hydroxylation is 1. The van der Waals surface area contributed by atoms with E-state index in [1.54, 1.807) is 12.2 Å². The summed E-state index contributed by atoms with van der Waals surface area (Å²) < 4.78 is 5.39. The molecular formula is C35H45Cl2NO6. The molecule has 1 aromatic rings. The molecule has 0 bridgehead atoms. The van der Waals surface area contributed by atoms with Crippen LogP contribution in [-0.4, -0.2) is 70.9 Å². The molecule has 5 rings (SSSR count). The molecule has 4 aliphatic carbocycles. The van der Waals surface area contributed by atoms with Crippen LogP contribution in [0.1, 0.15) is 64.4 Å². The van der Waals surface area contributed by atoms with Crippen molar-refractivity contribution in [1.82, 2.24) is 0 Å². The van der Waals surface area contributed by atoms with Crippen LogP contribution in [0, 0.1) is 28.6 Å². The summed E-state index contributed by atoms with van der Waals surface area (Å²) in [5, 5.41) is 23.4. The molecule has 240 valence electrons. The van der Waals surface area contributed by atoms with Gasteiger partial charge in [0, 0.05) is 53.7 Å². The van der Waals surface area contributed by atoms with Crippen molar-refractivity contribution >= 4 is 46.4 Å². The highest BCUT2D eigenvalue weighted by atomic mass is 35.5. The number of aliphatic hydroxyl groups is 2. The average molecular weight is 647 g/mol. The van der Waals surface area contributed by atoms with E-state index >= 15 is 0 Å². The van der Waals surface area contributed by atoms with Crippen LogP contribution >= 0.6 is 23.2 Å². The number of ether oxygens (including phenoxy) is 1. The van der Waals surface area contributed by atoms with Gasteiger partial charge in [-0.15, -0.1) is 23.2 Å². The zero-order chi connectivity index (χ0) is 31.7. The lowest BCUT2D eigenvalue weighted by atomic mass is 9.46. The number of benzene rings is 1. The molecule has 0 heterocycles. The fourth-order valence-electron chi connectivity index (χ4n) is 9.01. The number of ketones is 2. The number of Topliss-reactive ketones (excluding diaryl/α,β-unsaturated/α-hetero) is 1. The summed E-state index contributed by atoms with van der Waals surface area (Å²) in [7, 11) is 0. The molecule has 7 atom stereocenters. The molecule has 44 heavy (non-hydrogen) atoms. The summed E-state index contributed by atoms with van der Waals surface area (Å²) in [6.07, 6.45) is 8.81. The summed E-state index contributed by atoms with van der Waals surface area (Å²) in [5.74, 6) is 0.166. The zero-order valence-corrected chi connectivity index (χ0v) is 27.3. The quantitative estimate of drug-likeness (QED) is 0.231. The standard InChI is InChI=1S/C35H45Cl2NO6/c1-33-14-12-26(39)20-24(33)8-11-27-28-13-15-35(43,34(28,2)21-29(40)32(27)33)30(41)22-44-31(42)5-3-4-23-6-9-25(10-7-23)38(18-16-36)19-17-37/h6-7,9-10,12,14,20,27-29,32,40,43H,3-5,8,11,13,15-19,21-22H2,1-2H3/t27?,28?,29?,32?,33-,34-,35-/m0/s1. The van der Waals surface area contributed by atoms with E-state index in [-0.39, 0.29) is 42.8 Å². The Hall–Kier alpha value is -2.19. The van der Waals surface area contributed by atoms with Gasteiger partial charge in [-0.1, -0.05) is 37.6 Å². The SMILES string of the molecule is C[C@]12C=CC(=O)C=C1CCC1C2C(O)C[C@@]2(C)C1CC[C@]2(O)C(=O)COC(=O)CCCc1ccc(N(CCCl)CCCl)cc1. The lowest BCUT2D eigenvalue weighted by Gasteiger charge is -2.59. The van der Waals surface area contributed by atoms with E-state index in [4.69, 9.17) is 27.9 Å². The van der Waals surface area contributed by atoms with Gasteiger partial charge >= 0.3 is 5.97 Å². The van der Waals surface area contributed by atoms with Crippen LogP contribution in [0.5, 0.6) is 0 Å². The summed E-state index contributed by atoms with van der Waals surface area (Å²) in [6.45, 7) is 4.99. The Morgan fingerprint density at radius 3 is 2.48 bits per heavy atom. The van der Waals surface area contributed by atoms with E-state index in [0.717, 1.165) is 29.7 Å². The zero-order valence-electron chi connectivity index (χ0n) is 25.8. The maximum absolute atomic E-state index is 13.5. The molecule has 0 aromatic heterocycles. The van der Waals surface area contributed by atoms with Crippen molar-refractivity contribution < 1.29 is 29.3 Å². The van der Waals surface area contributed by atoms with Crippen molar-refractivity contribution in [3.8, 4) is 0 Å². The number of hydrogen-bond donors (Lipinski definition) is 2. The molecule has 4 aliphatic rings. The second-order valence-corrected chi connectivity index (χ2v) is 14.3. The number of halogens is 2. The highest BCUT2D eigenvalue weighted by molar-refractivity contribution is 6.18. The van der Waals surface area contributed by atoms with E-state index in [1.165, 1.54) is 0 Å². The van der Waals surface area contributed by atoms with Crippen LogP contribution in [0.4, 0.5) is 5.69 Å². The van der Waals surface area contributed by atoms with Crippen LogP contribution in [0.3, 0.4) is 0 Å². The van der Waals surface area contributed by atoms with Crippen LogP contribution < -0.4 is 4.90 Å². The Morgan fingerprint density at radius 2 is 1.80 bits per heavy atom. The first-order valence-electron chi connectivity index (χ1n) is 16.0. The maximum Gasteiger partial charge on any atom is 0.306 e. The van der Waals surface area contributed by atoms with Crippen molar-refractivity contribution in [2.45, 2.75) is 76.9 Å². The van der Waals surface area contributed by atoms with Gasteiger partial charge in [-0.3, -0.25) is 14.4 Å². The van der Waals surface area contributed by atoms with Gasteiger partial charge < -0.3 is 19.8 Å². The summed E-state index contributed by atoms with van der Waals surface area (Å²) in [4.78, 5) is 40.3. The molecule has 0 radical (unpaired) electrons. The average Bonchev–Trinajstić information content (AvgIpc) is 3.27. The van der Waals surface area contributed by atoms with Crippen molar-refractivity contribution in [2.75, 3.05) is 36.4 Å². The van der Waals surface area contributed by atoms with E-state index in [2.05, 4.69) is 11.8 Å². The third-order valence-corrected chi connectivity index (χ3v) is 11.7. The van der Waals surface area contributed by atoms with Gasteiger partial charge in [-0.2, -0.15) is 0 Å².